The molecule has 0 bridgehead atoms. The lowest BCUT2D eigenvalue weighted by molar-refractivity contribution is -0.117. The minimum atomic E-state index is -0.0200. The van der Waals surface area contributed by atoms with Crippen LogP contribution in [0.25, 0.3) is 0 Å². The van der Waals surface area contributed by atoms with E-state index in [0.717, 1.165) is 13.1 Å². The van der Waals surface area contributed by atoms with E-state index in [1.54, 1.807) is 32.4 Å². The molecule has 1 N–H and O–H groups in total. The Bertz CT molecular complexity index is 442. The zero-order valence-electron chi connectivity index (χ0n) is 11.4. The number of rotatable bonds is 5. The van der Waals surface area contributed by atoms with E-state index in [2.05, 4.69) is 10.2 Å². The van der Waals surface area contributed by atoms with Crippen LogP contribution in [-0.4, -0.2) is 44.7 Å². The molecule has 1 saturated heterocycles. The first-order valence-electron chi connectivity index (χ1n) is 6.47. The highest BCUT2D eigenvalue weighted by molar-refractivity contribution is 5.94. The van der Waals surface area contributed by atoms with Gasteiger partial charge in [0.15, 0.2) is 0 Å². The molecule has 0 aliphatic carbocycles. The van der Waals surface area contributed by atoms with Crippen LogP contribution < -0.4 is 14.8 Å². The normalized spacial score (nSPS) is 15.3. The molecule has 0 spiro atoms. The molecule has 0 atom stereocenters. The molecular formula is C14H20N2O3. The molecule has 2 rings (SSSR count). The molecule has 0 saturated carbocycles. The van der Waals surface area contributed by atoms with Gasteiger partial charge in [-0.05, 0) is 38.1 Å². The maximum absolute atomic E-state index is 12.0. The third-order valence-corrected chi connectivity index (χ3v) is 3.25. The topological polar surface area (TPSA) is 50.8 Å². The van der Waals surface area contributed by atoms with Crippen LogP contribution in [-0.2, 0) is 4.79 Å². The number of hydrogen-bond acceptors (Lipinski definition) is 4. The lowest BCUT2D eigenvalue weighted by Gasteiger charge is -2.16. The maximum atomic E-state index is 12.0. The molecule has 1 amide bonds. The van der Waals surface area contributed by atoms with Crippen LogP contribution in [0.2, 0.25) is 0 Å². The van der Waals surface area contributed by atoms with Crippen molar-refractivity contribution in [2.45, 2.75) is 12.8 Å². The van der Waals surface area contributed by atoms with Gasteiger partial charge in [0.2, 0.25) is 5.91 Å². The first-order chi connectivity index (χ1) is 9.22. The number of likely N-dealkylation sites (tertiary alicyclic amines) is 1. The Labute approximate surface area is 113 Å². The Balaban J connectivity index is 2.01. The number of carbonyl (C=O) groups is 1. The van der Waals surface area contributed by atoms with Crippen molar-refractivity contribution in [3.63, 3.8) is 0 Å². The monoisotopic (exact) mass is 264 g/mol. The minimum absolute atomic E-state index is 0.0200. The number of nitrogens with one attached hydrogen (secondary N) is 1. The second-order valence-corrected chi connectivity index (χ2v) is 4.60. The molecule has 104 valence electrons. The molecule has 5 nitrogen and oxygen atoms in total. The van der Waals surface area contributed by atoms with E-state index in [4.69, 9.17) is 9.47 Å². The van der Waals surface area contributed by atoms with Gasteiger partial charge in [-0.3, -0.25) is 9.69 Å². The summed E-state index contributed by atoms with van der Waals surface area (Å²) in [4.78, 5) is 14.1. The van der Waals surface area contributed by atoms with Crippen molar-refractivity contribution in [2.75, 3.05) is 39.2 Å². The van der Waals surface area contributed by atoms with E-state index in [-0.39, 0.29) is 5.91 Å². The predicted molar refractivity (Wildman–Crippen MR) is 73.8 cm³/mol. The number of benzene rings is 1. The number of amides is 1. The van der Waals surface area contributed by atoms with Gasteiger partial charge >= 0.3 is 0 Å². The Morgan fingerprint density at radius 2 is 2.00 bits per heavy atom. The second kappa shape index (κ2) is 6.43. The van der Waals surface area contributed by atoms with Crippen molar-refractivity contribution in [2.24, 2.45) is 0 Å². The Hall–Kier alpha value is -1.75. The molecule has 1 aromatic rings. The van der Waals surface area contributed by atoms with E-state index in [0.29, 0.717) is 23.7 Å². The van der Waals surface area contributed by atoms with E-state index in [1.807, 2.05) is 0 Å². The quantitative estimate of drug-likeness (QED) is 0.880. The van der Waals surface area contributed by atoms with Crippen LogP contribution in [0, 0.1) is 0 Å². The number of hydrogen-bond donors (Lipinski definition) is 1. The summed E-state index contributed by atoms with van der Waals surface area (Å²) in [6.07, 6.45) is 2.35. The van der Waals surface area contributed by atoms with Crippen molar-refractivity contribution in [3.8, 4) is 11.5 Å². The Kier molecular flexibility index (Phi) is 4.63. The van der Waals surface area contributed by atoms with Crippen LogP contribution >= 0.6 is 0 Å². The molecule has 0 aromatic heterocycles. The minimum Gasteiger partial charge on any atom is -0.497 e. The average molecular weight is 264 g/mol. The fourth-order valence-corrected chi connectivity index (χ4v) is 2.25. The number of carbonyl (C=O) groups excluding carboxylic acids is 1. The van der Waals surface area contributed by atoms with Crippen LogP contribution in [0.1, 0.15) is 12.8 Å². The van der Waals surface area contributed by atoms with Crippen molar-refractivity contribution in [1.29, 1.82) is 0 Å². The molecule has 19 heavy (non-hydrogen) atoms. The largest absolute Gasteiger partial charge is 0.497 e. The first-order valence-corrected chi connectivity index (χ1v) is 6.47. The molecule has 1 fully saturated rings. The van der Waals surface area contributed by atoms with Crippen molar-refractivity contribution >= 4 is 11.6 Å². The molecule has 1 aliphatic heterocycles. The highest BCUT2D eigenvalue weighted by atomic mass is 16.5. The molecule has 5 heteroatoms. The highest BCUT2D eigenvalue weighted by Crippen LogP contribution is 2.28. The molecule has 0 radical (unpaired) electrons. The summed E-state index contributed by atoms with van der Waals surface area (Å²) in [5.41, 5.74) is 0.644. The first kappa shape index (κ1) is 13.7. The van der Waals surface area contributed by atoms with Crippen molar-refractivity contribution in [3.05, 3.63) is 18.2 Å². The summed E-state index contributed by atoms with van der Waals surface area (Å²) in [7, 11) is 3.18. The molecule has 1 aromatic carbocycles. The zero-order chi connectivity index (χ0) is 13.7. The fourth-order valence-electron chi connectivity index (χ4n) is 2.25. The van der Waals surface area contributed by atoms with Gasteiger partial charge in [-0.25, -0.2) is 0 Å². The third kappa shape index (κ3) is 3.61. The molecular weight excluding hydrogens is 244 g/mol. The van der Waals surface area contributed by atoms with Gasteiger partial charge in [0.1, 0.15) is 11.5 Å². The van der Waals surface area contributed by atoms with Gasteiger partial charge in [0, 0.05) is 6.07 Å². The lowest BCUT2D eigenvalue weighted by atomic mass is 10.2. The predicted octanol–water partition coefficient (Wildman–Crippen LogP) is 1.74. The van der Waals surface area contributed by atoms with Gasteiger partial charge in [0.05, 0.1) is 26.5 Å². The fraction of sp³-hybridized carbons (Fsp3) is 0.500. The molecule has 1 aliphatic rings. The summed E-state index contributed by atoms with van der Waals surface area (Å²) in [6.45, 7) is 2.44. The van der Waals surface area contributed by atoms with Gasteiger partial charge in [-0.1, -0.05) is 0 Å². The van der Waals surface area contributed by atoms with Gasteiger partial charge in [-0.15, -0.1) is 0 Å². The molecule has 1 heterocycles. The second-order valence-electron chi connectivity index (χ2n) is 4.60. The summed E-state index contributed by atoms with van der Waals surface area (Å²) in [5, 5.41) is 2.88. The SMILES string of the molecule is COc1ccc(OC)c(NC(=O)CN2CCCC2)c1. The van der Waals surface area contributed by atoms with E-state index < -0.39 is 0 Å². The van der Waals surface area contributed by atoms with Gasteiger partial charge < -0.3 is 14.8 Å². The van der Waals surface area contributed by atoms with Crippen molar-refractivity contribution < 1.29 is 14.3 Å². The summed E-state index contributed by atoms with van der Waals surface area (Å²) >= 11 is 0. The van der Waals surface area contributed by atoms with Crippen LogP contribution in [0.4, 0.5) is 5.69 Å². The zero-order valence-corrected chi connectivity index (χ0v) is 11.4. The molecule has 0 unspecified atom stereocenters. The van der Waals surface area contributed by atoms with Gasteiger partial charge in [0.25, 0.3) is 0 Å². The Morgan fingerprint density at radius 3 is 2.63 bits per heavy atom. The highest BCUT2D eigenvalue weighted by Gasteiger charge is 2.16. The number of anilines is 1. The number of nitrogens with zero attached hydrogens (tertiary/aromatic N) is 1. The van der Waals surface area contributed by atoms with Crippen LogP contribution in [0.5, 0.6) is 11.5 Å². The average Bonchev–Trinajstić information content (AvgIpc) is 2.91. The van der Waals surface area contributed by atoms with E-state index >= 15 is 0 Å². The number of ether oxygens (including phenoxy) is 2. The third-order valence-electron chi connectivity index (χ3n) is 3.25. The summed E-state index contributed by atoms with van der Waals surface area (Å²) in [6, 6.07) is 5.35. The maximum Gasteiger partial charge on any atom is 0.238 e. The van der Waals surface area contributed by atoms with E-state index in [1.165, 1.54) is 12.8 Å². The summed E-state index contributed by atoms with van der Waals surface area (Å²) < 4.78 is 10.4. The van der Waals surface area contributed by atoms with E-state index in [9.17, 15) is 4.79 Å². The van der Waals surface area contributed by atoms with Crippen LogP contribution in [0.3, 0.4) is 0 Å². The Morgan fingerprint density at radius 1 is 1.26 bits per heavy atom. The number of methoxy groups -OCH3 is 2. The smallest absolute Gasteiger partial charge is 0.238 e. The lowest BCUT2D eigenvalue weighted by Crippen LogP contribution is -2.30. The van der Waals surface area contributed by atoms with Crippen molar-refractivity contribution in [1.82, 2.24) is 4.90 Å². The summed E-state index contributed by atoms with van der Waals surface area (Å²) in [5.74, 6) is 1.31. The van der Waals surface area contributed by atoms with Crippen LogP contribution in [0.15, 0.2) is 18.2 Å². The van der Waals surface area contributed by atoms with Gasteiger partial charge in [-0.2, -0.15) is 0 Å². The standard InChI is InChI=1S/C14H20N2O3/c1-18-11-5-6-13(19-2)12(9-11)15-14(17)10-16-7-3-4-8-16/h5-6,9H,3-4,7-8,10H2,1-2H3,(H,15,17).